The summed E-state index contributed by atoms with van der Waals surface area (Å²) < 4.78 is 10.4. The Kier molecular flexibility index (Phi) is 7.83. The first-order valence-electron chi connectivity index (χ1n) is 10.1. The number of hydrogen-bond acceptors (Lipinski definition) is 5. The molecule has 0 saturated heterocycles. The second kappa shape index (κ2) is 11.0. The van der Waals surface area contributed by atoms with Crippen LogP contribution in [0.15, 0.2) is 78.9 Å². The van der Waals surface area contributed by atoms with Gasteiger partial charge in [-0.25, -0.2) is 0 Å². The van der Waals surface area contributed by atoms with Gasteiger partial charge in [-0.05, 0) is 49.0 Å². The van der Waals surface area contributed by atoms with Crippen LogP contribution in [0.1, 0.15) is 11.6 Å². The zero-order valence-corrected chi connectivity index (χ0v) is 18.4. The van der Waals surface area contributed by atoms with E-state index in [0.717, 1.165) is 5.56 Å². The molecule has 0 spiro atoms. The molecule has 32 heavy (non-hydrogen) atoms. The largest absolute Gasteiger partial charge is 0.497 e. The molecule has 7 heteroatoms. The van der Waals surface area contributed by atoms with Gasteiger partial charge in [-0.1, -0.05) is 36.4 Å². The highest BCUT2D eigenvalue weighted by atomic mass is 16.5. The maximum atomic E-state index is 13.2. The number of hydrogen-bond donors (Lipinski definition) is 2. The Morgan fingerprint density at radius 1 is 0.812 bits per heavy atom. The zero-order valence-electron chi connectivity index (χ0n) is 18.4. The van der Waals surface area contributed by atoms with Gasteiger partial charge in [0.05, 0.1) is 20.8 Å². The summed E-state index contributed by atoms with van der Waals surface area (Å²) in [4.78, 5) is 27.6. The number of carbonyl (C=O) groups excluding carboxylic acids is 2. The van der Waals surface area contributed by atoms with E-state index in [-0.39, 0.29) is 18.4 Å². The Labute approximate surface area is 188 Å². The fraction of sp³-hybridized carbons (Fsp3) is 0.200. The van der Waals surface area contributed by atoms with Crippen molar-refractivity contribution in [1.82, 2.24) is 4.90 Å². The average molecular weight is 434 g/mol. The second-order valence-electron chi connectivity index (χ2n) is 7.23. The maximum absolute atomic E-state index is 13.2. The van der Waals surface area contributed by atoms with Crippen LogP contribution in [0.3, 0.4) is 0 Å². The van der Waals surface area contributed by atoms with Crippen molar-refractivity contribution in [1.29, 1.82) is 0 Å². The number of carbonyl (C=O) groups is 2. The molecule has 2 amide bonds. The molecule has 0 aliphatic rings. The van der Waals surface area contributed by atoms with Crippen LogP contribution in [0.5, 0.6) is 11.5 Å². The zero-order chi connectivity index (χ0) is 22.9. The number of ether oxygens (including phenoxy) is 2. The fourth-order valence-corrected chi connectivity index (χ4v) is 3.35. The lowest BCUT2D eigenvalue weighted by molar-refractivity contribution is -0.123. The molecule has 166 valence electrons. The van der Waals surface area contributed by atoms with Gasteiger partial charge in [0.25, 0.3) is 0 Å². The summed E-state index contributed by atoms with van der Waals surface area (Å²) in [6.07, 6.45) is 0. The highest BCUT2D eigenvalue weighted by Gasteiger charge is 2.26. The number of nitrogens with zero attached hydrogens (tertiary/aromatic N) is 1. The van der Waals surface area contributed by atoms with Crippen molar-refractivity contribution < 1.29 is 19.1 Å². The summed E-state index contributed by atoms with van der Waals surface area (Å²) in [5, 5.41) is 5.78. The second-order valence-corrected chi connectivity index (χ2v) is 7.23. The van der Waals surface area contributed by atoms with Crippen molar-refractivity contribution in [2.24, 2.45) is 0 Å². The molecule has 3 rings (SSSR count). The van der Waals surface area contributed by atoms with Crippen LogP contribution in [0.2, 0.25) is 0 Å². The van der Waals surface area contributed by atoms with Gasteiger partial charge < -0.3 is 20.1 Å². The van der Waals surface area contributed by atoms with Crippen LogP contribution in [0.4, 0.5) is 11.4 Å². The third-order valence-corrected chi connectivity index (χ3v) is 4.91. The molecule has 0 heterocycles. The van der Waals surface area contributed by atoms with E-state index >= 15 is 0 Å². The van der Waals surface area contributed by atoms with Crippen LogP contribution in [0, 0.1) is 0 Å². The molecule has 3 aromatic carbocycles. The minimum atomic E-state index is -0.658. The highest BCUT2D eigenvalue weighted by Crippen LogP contribution is 2.23. The fourth-order valence-electron chi connectivity index (χ4n) is 3.35. The minimum Gasteiger partial charge on any atom is -0.497 e. The summed E-state index contributed by atoms with van der Waals surface area (Å²) in [5.74, 6) is 0.878. The minimum absolute atomic E-state index is 0.0206. The number of amides is 2. The molecule has 0 fully saturated rings. The van der Waals surface area contributed by atoms with E-state index in [1.807, 2.05) is 30.3 Å². The van der Waals surface area contributed by atoms with E-state index in [9.17, 15) is 9.59 Å². The Hall–Kier alpha value is -3.84. The smallest absolute Gasteiger partial charge is 0.246 e. The standard InChI is InChI=1S/C25H27N3O4/c1-28(17-23(29)26-20-10-7-11-22(16-20)32-3)24(18-8-5-4-6-9-18)25(30)27-19-12-14-21(31-2)15-13-19/h4-16,24H,17H2,1-3H3,(H,26,29)(H,27,30). The SMILES string of the molecule is COc1ccc(NC(=O)C(c2ccccc2)N(C)CC(=O)Nc2cccc(OC)c2)cc1. The van der Waals surface area contributed by atoms with E-state index < -0.39 is 6.04 Å². The molecule has 2 N–H and O–H groups in total. The van der Waals surface area contributed by atoms with Gasteiger partial charge in [-0.2, -0.15) is 0 Å². The molecule has 0 aliphatic heterocycles. The van der Waals surface area contributed by atoms with Crippen LogP contribution < -0.4 is 20.1 Å². The summed E-state index contributed by atoms with van der Waals surface area (Å²) in [5.41, 5.74) is 2.06. The van der Waals surface area contributed by atoms with Crippen molar-refractivity contribution in [3.05, 3.63) is 84.4 Å². The van der Waals surface area contributed by atoms with E-state index in [1.165, 1.54) is 0 Å². The summed E-state index contributed by atoms with van der Waals surface area (Å²) >= 11 is 0. The number of likely N-dealkylation sites (N-methyl/N-ethyl adjacent to an activating group) is 1. The molecule has 0 aromatic heterocycles. The highest BCUT2D eigenvalue weighted by molar-refractivity contribution is 5.97. The third kappa shape index (κ3) is 6.09. The summed E-state index contributed by atoms with van der Waals surface area (Å²) in [7, 11) is 4.90. The molecule has 7 nitrogen and oxygen atoms in total. The lowest BCUT2D eigenvalue weighted by Crippen LogP contribution is -2.39. The van der Waals surface area contributed by atoms with Crippen molar-refractivity contribution in [2.45, 2.75) is 6.04 Å². The Morgan fingerprint density at radius 2 is 1.50 bits per heavy atom. The Balaban J connectivity index is 1.73. The first-order valence-corrected chi connectivity index (χ1v) is 10.1. The summed E-state index contributed by atoms with van der Waals surface area (Å²) in [6.45, 7) is 0.0206. The lowest BCUT2D eigenvalue weighted by Gasteiger charge is -2.27. The first kappa shape index (κ1) is 22.8. The first-order chi connectivity index (χ1) is 15.5. The topological polar surface area (TPSA) is 79.9 Å². The molecule has 0 radical (unpaired) electrons. The van der Waals surface area contributed by atoms with Gasteiger partial charge in [0.1, 0.15) is 17.5 Å². The van der Waals surface area contributed by atoms with Gasteiger partial charge in [0.2, 0.25) is 11.8 Å². The molecule has 0 aliphatic carbocycles. The van der Waals surface area contributed by atoms with Gasteiger partial charge >= 0.3 is 0 Å². The normalized spacial score (nSPS) is 11.5. The Bertz CT molecular complexity index is 1040. The number of benzene rings is 3. The molecular weight excluding hydrogens is 406 g/mol. The van der Waals surface area contributed by atoms with Crippen LogP contribution >= 0.6 is 0 Å². The number of anilines is 2. The maximum Gasteiger partial charge on any atom is 0.246 e. The predicted octanol–water partition coefficient (Wildman–Crippen LogP) is 3.95. The Morgan fingerprint density at radius 3 is 2.16 bits per heavy atom. The van der Waals surface area contributed by atoms with Gasteiger partial charge in [-0.3, -0.25) is 14.5 Å². The molecule has 0 bridgehead atoms. The summed E-state index contributed by atoms with van der Waals surface area (Å²) in [6, 6.07) is 22.9. The monoisotopic (exact) mass is 433 g/mol. The van der Waals surface area contributed by atoms with E-state index in [1.54, 1.807) is 74.7 Å². The third-order valence-electron chi connectivity index (χ3n) is 4.91. The van der Waals surface area contributed by atoms with Crippen molar-refractivity contribution >= 4 is 23.2 Å². The van der Waals surface area contributed by atoms with E-state index in [2.05, 4.69) is 10.6 Å². The van der Waals surface area contributed by atoms with Crippen molar-refractivity contribution in [3.8, 4) is 11.5 Å². The van der Waals surface area contributed by atoms with Crippen LogP contribution in [-0.4, -0.2) is 44.5 Å². The molecule has 0 saturated carbocycles. The number of rotatable bonds is 9. The average Bonchev–Trinajstić information content (AvgIpc) is 2.80. The van der Waals surface area contributed by atoms with Crippen molar-refractivity contribution in [3.63, 3.8) is 0 Å². The number of nitrogens with one attached hydrogen (secondary N) is 2. The van der Waals surface area contributed by atoms with Gasteiger partial charge in [-0.15, -0.1) is 0 Å². The van der Waals surface area contributed by atoms with E-state index in [0.29, 0.717) is 22.9 Å². The quantitative estimate of drug-likeness (QED) is 0.534. The van der Waals surface area contributed by atoms with Crippen LogP contribution in [0.25, 0.3) is 0 Å². The lowest BCUT2D eigenvalue weighted by atomic mass is 10.0. The molecule has 3 aromatic rings. The van der Waals surface area contributed by atoms with Crippen molar-refractivity contribution in [2.75, 3.05) is 38.4 Å². The molecule has 1 atom stereocenters. The van der Waals surface area contributed by atoms with E-state index in [4.69, 9.17) is 9.47 Å². The number of methoxy groups -OCH3 is 2. The van der Waals surface area contributed by atoms with Gasteiger partial charge in [0, 0.05) is 17.4 Å². The molecule has 1 unspecified atom stereocenters. The van der Waals surface area contributed by atoms with Crippen LogP contribution in [-0.2, 0) is 9.59 Å². The predicted molar refractivity (Wildman–Crippen MR) is 125 cm³/mol. The molecular formula is C25H27N3O4. The van der Waals surface area contributed by atoms with Gasteiger partial charge in [0.15, 0.2) is 0 Å².